The summed E-state index contributed by atoms with van der Waals surface area (Å²) in [7, 11) is 0. The van der Waals surface area contributed by atoms with E-state index in [0.717, 1.165) is 4.90 Å². The number of rotatable bonds is 5. The van der Waals surface area contributed by atoms with Gasteiger partial charge in [0.2, 0.25) is 5.91 Å². The topological polar surface area (TPSA) is 124 Å². The van der Waals surface area contributed by atoms with E-state index in [1.807, 2.05) is 0 Å². The maximum atomic E-state index is 12.6. The summed E-state index contributed by atoms with van der Waals surface area (Å²) in [5, 5.41) is 20.8. The molecular formula is C18H14N2O6. The van der Waals surface area contributed by atoms with Crippen LogP contribution in [0.2, 0.25) is 0 Å². The second-order valence-corrected chi connectivity index (χ2v) is 5.71. The molecule has 0 spiro atoms. The third kappa shape index (κ3) is 3.25. The monoisotopic (exact) mass is 354 g/mol. The van der Waals surface area contributed by atoms with Crippen molar-refractivity contribution in [3.8, 4) is 0 Å². The molecular weight excluding hydrogens is 340 g/mol. The molecule has 0 aliphatic carbocycles. The van der Waals surface area contributed by atoms with Crippen molar-refractivity contribution in [2.45, 2.75) is 12.5 Å². The highest BCUT2D eigenvalue weighted by molar-refractivity contribution is 6.23. The first kappa shape index (κ1) is 17.2. The number of carbonyl (C=O) groups is 4. The normalized spacial score (nSPS) is 16.6. The Labute approximate surface area is 147 Å². The van der Waals surface area contributed by atoms with Gasteiger partial charge < -0.3 is 15.5 Å². The summed E-state index contributed by atoms with van der Waals surface area (Å²) >= 11 is 0. The van der Waals surface area contributed by atoms with Crippen molar-refractivity contribution < 1.29 is 29.4 Å². The van der Waals surface area contributed by atoms with Gasteiger partial charge in [-0.2, -0.15) is 0 Å². The van der Waals surface area contributed by atoms with E-state index < -0.39 is 29.8 Å². The van der Waals surface area contributed by atoms with E-state index in [-0.39, 0.29) is 23.2 Å². The van der Waals surface area contributed by atoms with E-state index in [1.54, 1.807) is 6.07 Å². The van der Waals surface area contributed by atoms with E-state index in [1.165, 1.54) is 42.5 Å². The minimum atomic E-state index is -1.10. The highest BCUT2D eigenvalue weighted by atomic mass is 16.4. The quantitative estimate of drug-likeness (QED) is 0.700. The molecule has 0 bridgehead atoms. The van der Waals surface area contributed by atoms with Crippen LogP contribution in [0.1, 0.15) is 27.1 Å². The van der Waals surface area contributed by atoms with Gasteiger partial charge in [-0.25, -0.2) is 14.5 Å². The molecule has 132 valence electrons. The zero-order valence-electron chi connectivity index (χ0n) is 13.4. The van der Waals surface area contributed by atoms with E-state index in [2.05, 4.69) is 5.32 Å². The van der Waals surface area contributed by atoms with Crippen LogP contribution in [-0.4, -0.2) is 40.0 Å². The van der Waals surface area contributed by atoms with E-state index in [0.29, 0.717) is 5.69 Å². The van der Waals surface area contributed by atoms with Crippen LogP contribution in [0.3, 0.4) is 0 Å². The van der Waals surface area contributed by atoms with Crippen molar-refractivity contribution in [2.75, 3.05) is 10.2 Å². The summed E-state index contributed by atoms with van der Waals surface area (Å²) < 4.78 is 0. The van der Waals surface area contributed by atoms with Crippen molar-refractivity contribution in [2.24, 2.45) is 0 Å². The van der Waals surface area contributed by atoms with Gasteiger partial charge in [0.05, 0.1) is 23.2 Å². The molecule has 1 atom stereocenters. The molecule has 0 saturated carbocycles. The average Bonchev–Trinajstić information content (AvgIpc) is 2.89. The molecule has 1 heterocycles. The Balaban J connectivity index is 1.79. The van der Waals surface area contributed by atoms with Crippen molar-refractivity contribution in [1.29, 1.82) is 0 Å². The Hall–Kier alpha value is -3.68. The first-order valence-corrected chi connectivity index (χ1v) is 7.67. The molecule has 2 aromatic carbocycles. The van der Waals surface area contributed by atoms with Gasteiger partial charge in [0.25, 0.3) is 5.91 Å². The summed E-state index contributed by atoms with van der Waals surface area (Å²) in [6.07, 6.45) is -0.0865. The van der Waals surface area contributed by atoms with Crippen LogP contribution in [0.25, 0.3) is 0 Å². The van der Waals surface area contributed by atoms with Crippen molar-refractivity contribution >= 4 is 35.1 Å². The van der Waals surface area contributed by atoms with Crippen LogP contribution in [-0.2, 0) is 9.59 Å². The molecule has 0 radical (unpaired) electrons. The lowest BCUT2D eigenvalue weighted by Crippen LogP contribution is -2.34. The number of carboxylic acids is 2. The summed E-state index contributed by atoms with van der Waals surface area (Å²) in [5.41, 5.74) is 0.814. The number of hydrogen-bond acceptors (Lipinski definition) is 5. The number of aromatic carboxylic acids is 2. The molecule has 8 heteroatoms. The summed E-state index contributed by atoms with van der Waals surface area (Å²) in [5.74, 6) is -3.11. The fraction of sp³-hybridized carbons (Fsp3) is 0.111. The van der Waals surface area contributed by atoms with Crippen LogP contribution in [0, 0.1) is 0 Å². The van der Waals surface area contributed by atoms with Crippen LogP contribution >= 0.6 is 0 Å². The number of hydrogen-bond donors (Lipinski definition) is 3. The first-order chi connectivity index (χ1) is 12.4. The molecule has 8 nitrogen and oxygen atoms in total. The van der Waals surface area contributed by atoms with Gasteiger partial charge in [-0.3, -0.25) is 9.59 Å². The van der Waals surface area contributed by atoms with Crippen LogP contribution in [0.5, 0.6) is 0 Å². The number of benzene rings is 2. The predicted molar refractivity (Wildman–Crippen MR) is 91.3 cm³/mol. The zero-order chi connectivity index (χ0) is 18.8. The molecule has 1 fully saturated rings. The Morgan fingerprint density at radius 2 is 1.62 bits per heavy atom. The third-order valence-corrected chi connectivity index (χ3v) is 3.97. The van der Waals surface area contributed by atoms with Crippen molar-refractivity contribution in [3.05, 3.63) is 59.7 Å². The minimum Gasteiger partial charge on any atom is -0.478 e. The Kier molecular flexibility index (Phi) is 4.40. The second-order valence-electron chi connectivity index (χ2n) is 5.71. The maximum absolute atomic E-state index is 12.6. The first-order valence-electron chi connectivity index (χ1n) is 7.67. The smallest absolute Gasteiger partial charge is 0.335 e. The van der Waals surface area contributed by atoms with E-state index >= 15 is 0 Å². The van der Waals surface area contributed by atoms with Gasteiger partial charge >= 0.3 is 11.9 Å². The lowest BCUT2D eigenvalue weighted by Gasteiger charge is -2.16. The van der Waals surface area contributed by atoms with Crippen molar-refractivity contribution in [3.63, 3.8) is 0 Å². The maximum Gasteiger partial charge on any atom is 0.335 e. The Morgan fingerprint density at radius 1 is 0.962 bits per heavy atom. The highest BCUT2D eigenvalue weighted by Gasteiger charge is 2.39. The molecule has 2 amide bonds. The zero-order valence-corrected chi connectivity index (χ0v) is 13.4. The number of carboxylic acid groups (broad SMARTS) is 2. The van der Waals surface area contributed by atoms with Gasteiger partial charge in [0, 0.05) is 5.69 Å². The number of imide groups is 1. The van der Waals surface area contributed by atoms with Gasteiger partial charge in [-0.05, 0) is 42.5 Å². The molecule has 1 unspecified atom stereocenters. The molecule has 0 aromatic heterocycles. The summed E-state index contributed by atoms with van der Waals surface area (Å²) in [6.45, 7) is 0. The third-order valence-electron chi connectivity index (χ3n) is 3.97. The average molecular weight is 354 g/mol. The molecule has 2 aromatic rings. The molecule has 1 aliphatic heterocycles. The fourth-order valence-corrected chi connectivity index (χ4v) is 2.71. The molecule has 3 N–H and O–H groups in total. The number of anilines is 2. The lowest BCUT2D eigenvalue weighted by molar-refractivity contribution is -0.121. The molecule has 3 rings (SSSR count). The van der Waals surface area contributed by atoms with Crippen molar-refractivity contribution in [1.82, 2.24) is 0 Å². The predicted octanol–water partition coefficient (Wildman–Crippen LogP) is 1.83. The van der Waals surface area contributed by atoms with Crippen LogP contribution in [0.4, 0.5) is 11.4 Å². The number of carbonyl (C=O) groups excluding carboxylic acids is 2. The number of nitrogens with zero attached hydrogens (tertiary/aromatic N) is 1. The summed E-state index contributed by atoms with van der Waals surface area (Å²) in [6, 6.07) is 10.5. The largest absolute Gasteiger partial charge is 0.478 e. The number of nitrogens with one attached hydrogen (secondary N) is 1. The van der Waals surface area contributed by atoms with Crippen LogP contribution in [0.15, 0.2) is 48.5 Å². The van der Waals surface area contributed by atoms with Crippen LogP contribution < -0.4 is 10.2 Å². The second kappa shape index (κ2) is 6.67. The van der Waals surface area contributed by atoms with Gasteiger partial charge in [-0.15, -0.1) is 0 Å². The van der Waals surface area contributed by atoms with Gasteiger partial charge in [0.15, 0.2) is 0 Å². The number of amides is 2. The Bertz CT molecular complexity index is 906. The van der Waals surface area contributed by atoms with Gasteiger partial charge in [0.1, 0.15) is 6.04 Å². The van der Waals surface area contributed by atoms with E-state index in [4.69, 9.17) is 10.2 Å². The standard InChI is InChI=1S/C18H14N2O6/c21-15-9-14(19-12-3-1-2-11(8-12)18(25)26)16(22)20(15)13-6-4-10(5-7-13)17(23)24/h1-8,14,19H,9H2,(H,23,24)(H,25,26). The lowest BCUT2D eigenvalue weighted by atomic mass is 10.1. The molecule has 26 heavy (non-hydrogen) atoms. The minimum absolute atomic E-state index is 0.0491. The SMILES string of the molecule is O=C(O)c1ccc(N2C(=O)CC(Nc3cccc(C(=O)O)c3)C2=O)cc1. The highest BCUT2D eigenvalue weighted by Crippen LogP contribution is 2.25. The Morgan fingerprint density at radius 3 is 2.23 bits per heavy atom. The molecule has 1 aliphatic rings. The van der Waals surface area contributed by atoms with Gasteiger partial charge in [-0.1, -0.05) is 6.07 Å². The fourth-order valence-electron chi connectivity index (χ4n) is 2.71. The molecule has 1 saturated heterocycles. The van der Waals surface area contributed by atoms with E-state index in [9.17, 15) is 19.2 Å². The summed E-state index contributed by atoms with van der Waals surface area (Å²) in [4.78, 5) is 47.7.